The molecule has 0 aromatic carbocycles. The van der Waals surface area contributed by atoms with Crippen molar-refractivity contribution in [3.8, 4) is 0 Å². The Kier molecular flexibility index (Phi) is 59.5. The molecule has 0 spiro atoms. The second-order valence-corrected chi connectivity index (χ2v) is 19.9. The Morgan fingerprint density at radius 2 is 0.519 bits per heavy atom. The smallest absolute Gasteiger partial charge is 0.306 e. The Morgan fingerprint density at radius 1 is 0.273 bits per heavy atom. The topological polar surface area (TPSA) is 78.9 Å². The molecule has 0 heterocycles. The highest BCUT2D eigenvalue weighted by Gasteiger charge is 2.19. The van der Waals surface area contributed by atoms with Gasteiger partial charge in [0.05, 0.1) is 0 Å². The Labute approximate surface area is 473 Å². The van der Waals surface area contributed by atoms with Gasteiger partial charge in [-0.3, -0.25) is 14.4 Å². The molecule has 0 aromatic rings. The van der Waals surface area contributed by atoms with Gasteiger partial charge in [-0.1, -0.05) is 269 Å². The molecule has 0 aromatic heterocycles. The van der Waals surface area contributed by atoms with E-state index in [1.807, 2.05) is 0 Å². The lowest BCUT2D eigenvalue weighted by Gasteiger charge is -2.18. The molecule has 0 saturated carbocycles. The maximum Gasteiger partial charge on any atom is 0.306 e. The van der Waals surface area contributed by atoms with Crippen LogP contribution in [0.4, 0.5) is 0 Å². The molecule has 1 unspecified atom stereocenters. The molecule has 0 bridgehead atoms. The van der Waals surface area contributed by atoms with Crippen molar-refractivity contribution in [2.75, 3.05) is 13.2 Å². The highest BCUT2D eigenvalue weighted by atomic mass is 16.6. The lowest BCUT2D eigenvalue weighted by atomic mass is 10.0. The SMILES string of the molecule is CC/C=C\C/C=C\C/C=C\C/C=C\C/C=C\C/C=C\C/C=C\CCCC(=O)OCC(COC(=O)CCCCCCCCCCCCCCC)OC(=O)CCCCCC/C=C\C/C=C\C/C=C\C/C=C\C/C=C\C/C=C\CC. The number of allylic oxidation sites excluding steroid dienone is 26. The van der Waals surface area contributed by atoms with Crippen LogP contribution in [0.5, 0.6) is 0 Å². The summed E-state index contributed by atoms with van der Waals surface area (Å²) in [5, 5.41) is 0. The van der Waals surface area contributed by atoms with Crippen molar-refractivity contribution >= 4 is 17.9 Å². The van der Waals surface area contributed by atoms with Crippen LogP contribution in [0.1, 0.15) is 252 Å². The zero-order valence-electron chi connectivity index (χ0n) is 49.4. The Bertz CT molecular complexity index is 1740. The zero-order chi connectivity index (χ0) is 55.7. The van der Waals surface area contributed by atoms with Crippen LogP contribution < -0.4 is 0 Å². The molecule has 0 amide bonds. The van der Waals surface area contributed by atoms with E-state index < -0.39 is 6.10 Å². The quantitative estimate of drug-likeness (QED) is 0.0261. The molecule has 0 saturated heterocycles. The number of ether oxygens (including phenoxy) is 3. The summed E-state index contributed by atoms with van der Waals surface area (Å²) in [6.45, 7) is 6.34. The molecule has 6 nitrogen and oxygen atoms in total. The number of hydrogen-bond acceptors (Lipinski definition) is 6. The maximum atomic E-state index is 12.9. The van der Waals surface area contributed by atoms with E-state index in [0.29, 0.717) is 12.8 Å². The van der Waals surface area contributed by atoms with Crippen molar-refractivity contribution in [3.63, 3.8) is 0 Å². The largest absolute Gasteiger partial charge is 0.462 e. The maximum absolute atomic E-state index is 12.9. The molecule has 1 atom stereocenters. The van der Waals surface area contributed by atoms with Gasteiger partial charge in [0.15, 0.2) is 6.10 Å². The summed E-state index contributed by atoms with van der Waals surface area (Å²) < 4.78 is 16.8. The summed E-state index contributed by atoms with van der Waals surface area (Å²) in [6, 6.07) is 0. The lowest BCUT2D eigenvalue weighted by molar-refractivity contribution is -0.167. The van der Waals surface area contributed by atoms with Crippen molar-refractivity contribution in [2.24, 2.45) is 0 Å². The first-order valence-electron chi connectivity index (χ1n) is 31.0. The van der Waals surface area contributed by atoms with Gasteiger partial charge >= 0.3 is 17.9 Å². The van der Waals surface area contributed by atoms with Crippen LogP contribution in [-0.4, -0.2) is 37.2 Å². The minimum atomic E-state index is -0.823. The molecule has 0 aliphatic rings. The van der Waals surface area contributed by atoms with Crippen molar-refractivity contribution in [1.82, 2.24) is 0 Å². The molecule has 432 valence electrons. The van der Waals surface area contributed by atoms with E-state index >= 15 is 0 Å². The minimum Gasteiger partial charge on any atom is -0.462 e. The average molecular weight is 1060 g/mol. The van der Waals surface area contributed by atoms with Crippen LogP contribution in [-0.2, 0) is 28.6 Å². The molecule has 6 heteroatoms. The summed E-state index contributed by atoms with van der Waals surface area (Å²) in [5.41, 5.74) is 0. The third-order valence-corrected chi connectivity index (χ3v) is 12.5. The van der Waals surface area contributed by atoms with E-state index in [-0.39, 0.29) is 44.0 Å². The third-order valence-electron chi connectivity index (χ3n) is 12.5. The lowest BCUT2D eigenvalue weighted by Crippen LogP contribution is -2.30. The first-order valence-corrected chi connectivity index (χ1v) is 31.0. The summed E-state index contributed by atoms with van der Waals surface area (Å²) in [6.07, 6.45) is 92.4. The highest BCUT2D eigenvalue weighted by Crippen LogP contribution is 2.14. The number of carbonyl (C=O) groups is 3. The van der Waals surface area contributed by atoms with Crippen molar-refractivity contribution < 1.29 is 28.6 Å². The van der Waals surface area contributed by atoms with Gasteiger partial charge in [-0.15, -0.1) is 0 Å². The van der Waals surface area contributed by atoms with Crippen LogP contribution in [0.15, 0.2) is 158 Å². The van der Waals surface area contributed by atoms with Crippen LogP contribution in [0, 0.1) is 0 Å². The van der Waals surface area contributed by atoms with Crippen LogP contribution in [0.25, 0.3) is 0 Å². The van der Waals surface area contributed by atoms with Gasteiger partial charge < -0.3 is 14.2 Å². The number of carbonyl (C=O) groups excluding carboxylic acids is 3. The second kappa shape index (κ2) is 63.6. The monoisotopic (exact) mass is 1060 g/mol. The van der Waals surface area contributed by atoms with E-state index in [1.54, 1.807) is 0 Å². The van der Waals surface area contributed by atoms with E-state index in [2.05, 4.69) is 179 Å². The molecule has 0 fully saturated rings. The third kappa shape index (κ3) is 61.8. The molecule has 77 heavy (non-hydrogen) atoms. The van der Waals surface area contributed by atoms with Crippen molar-refractivity contribution in [2.45, 2.75) is 258 Å². The van der Waals surface area contributed by atoms with Gasteiger partial charge in [-0.2, -0.15) is 0 Å². The fourth-order valence-electron chi connectivity index (χ4n) is 7.96. The molecule has 0 radical (unpaired) electrons. The van der Waals surface area contributed by atoms with Gasteiger partial charge in [-0.25, -0.2) is 0 Å². The number of hydrogen-bond donors (Lipinski definition) is 0. The van der Waals surface area contributed by atoms with Gasteiger partial charge in [0.25, 0.3) is 0 Å². The van der Waals surface area contributed by atoms with Gasteiger partial charge in [-0.05, 0) is 122 Å². The predicted octanol–water partition coefficient (Wildman–Crippen LogP) is 21.3. The standard InChI is InChI=1S/C71H112O6/c1-4-7-10-13-16-19-22-25-27-29-31-33-35-37-39-41-43-46-49-52-55-58-61-64-70(73)76-67-68(66-75-69(72)63-60-57-54-51-48-45-24-21-18-15-12-9-6-3)77-71(74)65-62-59-56-53-50-47-44-42-40-38-36-34-32-30-28-26-23-20-17-14-11-8-5-2/h7-8,10-11,16-17,19-20,25-28,31-34,37-40,43-44,46-47,52,55,68H,4-6,9,12-15,18,21-24,29-30,35-36,41-42,45,48-51,53-54,56-67H2,1-3H3/b10-7-,11-8-,19-16-,20-17-,27-25-,28-26-,33-31-,34-32-,39-37-,40-38-,46-43-,47-44-,55-52-. The van der Waals surface area contributed by atoms with Gasteiger partial charge in [0.2, 0.25) is 0 Å². The molecular weight excluding hydrogens is 949 g/mol. The minimum absolute atomic E-state index is 0.112. The molecule has 0 aliphatic heterocycles. The van der Waals surface area contributed by atoms with Crippen LogP contribution >= 0.6 is 0 Å². The van der Waals surface area contributed by atoms with Crippen LogP contribution in [0.3, 0.4) is 0 Å². The molecule has 0 aliphatic carbocycles. The fourth-order valence-corrected chi connectivity index (χ4v) is 7.96. The molecule has 0 rings (SSSR count). The van der Waals surface area contributed by atoms with Crippen molar-refractivity contribution in [3.05, 3.63) is 158 Å². The number of esters is 3. The van der Waals surface area contributed by atoms with E-state index in [0.717, 1.165) is 141 Å². The fraction of sp³-hybridized carbons (Fsp3) is 0.592. The van der Waals surface area contributed by atoms with E-state index in [1.165, 1.54) is 64.2 Å². The Balaban J connectivity index is 4.54. The number of rotatable bonds is 54. The van der Waals surface area contributed by atoms with Gasteiger partial charge in [0, 0.05) is 19.3 Å². The summed E-state index contributed by atoms with van der Waals surface area (Å²) in [7, 11) is 0. The highest BCUT2D eigenvalue weighted by molar-refractivity contribution is 5.71. The summed E-state index contributed by atoms with van der Waals surface area (Å²) in [4.78, 5) is 38.3. The second-order valence-electron chi connectivity index (χ2n) is 19.9. The van der Waals surface area contributed by atoms with E-state index in [9.17, 15) is 14.4 Å². The summed E-state index contributed by atoms with van der Waals surface area (Å²) >= 11 is 0. The van der Waals surface area contributed by atoms with Crippen molar-refractivity contribution in [1.29, 1.82) is 0 Å². The summed E-state index contributed by atoms with van der Waals surface area (Å²) in [5.74, 6) is -1.00. The predicted molar refractivity (Wildman–Crippen MR) is 334 cm³/mol. The molecular formula is C71H112O6. The average Bonchev–Trinajstić information content (AvgIpc) is 3.43. The number of unbranched alkanes of at least 4 members (excludes halogenated alkanes) is 17. The Morgan fingerprint density at radius 3 is 0.844 bits per heavy atom. The first kappa shape index (κ1) is 72.0. The Hall–Kier alpha value is -4.97. The first-order chi connectivity index (χ1) is 38.0. The normalized spacial score (nSPS) is 13.2. The molecule has 0 N–H and O–H groups in total. The van der Waals surface area contributed by atoms with E-state index in [4.69, 9.17) is 14.2 Å². The van der Waals surface area contributed by atoms with Crippen LogP contribution in [0.2, 0.25) is 0 Å². The zero-order valence-corrected chi connectivity index (χ0v) is 49.4. The van der Waals surface area contributed by atoms with Gasteiger partial charge in [0.1, 0.15) is 13.2 Å².